The predicted octanol–water partition coefficient (Wildman–Crippen LogP) is 2.88. The Morgan fingerprint density at radius 3 is 2.75 bits per heavy atom. The van der Waals surface area contributed by atoms with Gasteiger partial charge in [-0.25, -0.2) is 9.37 Å². The number of nitrogens with zero attached hydrogens (tertiary/aromatic N) is 6. The van der Waals surface area contributed by atoms with Gasteiger partial charge in [0.15, 0.2) is 11.6 Å². The first-order valence-electron chi connectivity index (χ1n) is 10.7. The average molecular weight is 431 g/mol. The highest BCUT2D eigenvalue weighted by Gasteiger charge is 2.45. The minimum atomic E-state index is -0.413. The Labute approximate surface area is 183 Å². The number of benzene rings is 1. The molecule has 32 heavy (non-hydrogen) atoms. The zero-order chi connectivity index (χ0) is 21.9. The number of nitrogens with one attached hydrogen (secondary N) is 1. The fourth-order valence-electron chi connectivity index (χ4n) is 4.45. The molecule has 3 aromatic heterocycles. The summed E-state index contributed by atoms with van der Waals surface area (Å²) >= 11 is 0. The van der Waals surface area contributed by atoms with Crippen LogP contribution in [0.4, 0.5) is 10.2 Å². The molecular weight excluding hydrogens is 409 g/mol. The Balaban J connectivity index is 1.28. The van der Waals surface area contributed by atoms with Crippen molar-refractivity contribution >= 4 is 16.7 Å². The van der Waals surface area contributed by atoms with Crippen LogP contribution in [0.5, 0.6) is 5.75 Å². The molecule has 1 aliphatic heterocycles. The lowest BCUT2D eigenvalue weighted by atomic mass is 10.0. The maximum Gasteiger partial charge on any atom is 0.151 e. The standard InChI is InChI=1S/C23H22FN7O/c1-30-12-16-8-14(9-17(24)21(16)29-30)15-10-19(32)22(25-11-15)18-2-3-20(28-27-18)31-7-6-26-23(13-31)4-5-23/h2-3,8-12,26,32H,4-7,13H2,1H3. The van der Waals surface area contributed by atoms with Crippen molar-refractivity contribution < 1.29 is 9.50 Å². The van der Waals surface area contributed by atoms with Gasteiger partial charge in [0.05, 0.1) is 0 Å². The molecule has 1 saturated carbocycles. The van der Waals surface area contributed by atoms with Crippen molar-refractivity contribution in [1.82, 2.24) is 30.3 Å². The van der Waals surface area contributed by atoms with E-state index in [4.69, 9.17) is 0 Å². The number of rotatable bonds is 3. The number of aromatic hydroxyl groups is 1. The predicted molar refractivity (Wildman–Crippen MR) is 119 cm³/mol. The highest BCUT2D eigenvalue weighted by atomic mass is 19.1. The first-order valence-corrected chi connectivity index (χ1v) is 10.7. The number of aromatic nitrogens is 5. The molecule has 4 heterocycles. The van der Waals surface area contributed by atoms with E-state index in [1.54, 1.807) is 30.2 Å². The third kappa shape index (κ3) is 3.25. The van der Waals surface area contributed by atoms with Crippen LogP contribution in [0.25, 0.3) is 33.4 Å². The summed E-state index contributed by atoms with van der Waals surface area (Å²) < 4.78 is 16.0. The molecule has 9 heteroatoms. The third-order valence-electron chi connectivity index (χ3n) is 6.32. The number of pyridine rings is 1. The summed E-state index contributed by atoms with van der Waals surface area (Å²) in [5.74, 6) is 0.386. The Morgan fingerprint density at radius 1 is 1.12 bits per heavy atom. The molecule has 162 valence electrons. The average Bonchev–Trinajstić information content (AvgIpc) is 3.41. The minimum Gasteiger partial charge on any atom is -0.506 e. The van der Waals surface area contributed by atoms with Crippen LogP contribution in [-0.4, -0.2) is 55.2 Å². The zero-order valence-electron chi connectivity index (χ0n) is 17.6. The topological polar surface area (TPSA) is 92.0 Å². The second kappa shape index (κ2) is 6.96. The van der Waals surface area contributed by atoms with Gasteiger partial charge in [0, 0.05) is 55.6 Å². The molecule has 2 N–H and O–H groups in total. The smallest absolute Gasteiger partial charge is 0.151 e. The van der Waals surface area contributed by atoms with E-state index in [1.165, 1.54) is 18.9 Å². The van der Waals surface area contributed by atoms with Crippen LogP contribution >= 0.6 is 0 Å². The van der Waals surface area contributed by atoms with Crippen LogP contribution in [0.15, 0.2) is 42.7 Å². The van der Waals surface area contributed by atoms with Crippen molar-refractivity contribution in [2.24, 2.45) is 7.05 Å². The number of halogens is 1. The molecule has 1 aliphatic carbocycles. The van der Waals surface area contributed by atoms with E-state index in [0.29, 0.717) is 33.4 Å². The van der Waals surface area contributed by atoms with Gasteiger partial charge in [-0.05, 0) is 48.7 Å². The summed E-state index contributed by atoms with van der Waals surface area (Å²) in [6, 6.07) is 8.55. The van der Waals surface area contributed by atoms with Crippen molar-refractivity contribution in [2.45, 2.75) is 18.4 Å². The van der Waals surface area contributed by atoms with E-state index in [-0.39, 0.29) is 11.3 Å². The molecule has 1 aromatic carbocycles. The Kier molecular flexibility index (Phi) is 4.16. The number of anilines is 1. The lowest BCUT2D eigenvalue weighted by Crippen LogP contribution is -2.52. The van der Waals surface area contributed by atoms with Gasteiger partial charge in [0.1, 0.15) is 22.7 Å². The summed E-state index contributed by atoms with van der Waals surface area (Å²) in [6.07, 6.45) is 5.77. The minimum absolute atomic E-state index is 0.0321. The second-order valence-corrected chi connectivity index (χ2v) is 8.70. The number of piperazine rings is 1. The van der Waals surface area contributed by atoms with Crippen molar-refractivity contribution in [3.8, 4) is 28.3 Å². The normalized spacial score (nSPS) is 17.2. The zero-order valence-corrected chi connectivity index (χ0v) is 17.6. The van der Waals surface area contributed by atoms with Gasteiger partial charge in [-0.15, -0.1) is 10.2 Å². The van der Waals surface area contributed by atoms with Crippen LogP contribution in [-0.2, 0) is 7.05 Å². The summed E-state index contributed by atoms with van der Waals surface area (Å²) in [4.78, 5) is 6.65. The number of hydrogen-bond acceptors (Lipinski definition) is 7. The number of hydrogen-bond donors (Lipinski definition) is 2. The van der Waals surface area contributed by atoms with Crippen molar-refractivity contribution in [1.29, 1.82) is 0 Å². The number of aryl methyl sites for hydroxylation is 1. The Hall–Kier alpha value is -3.59. The van der Waals surface area contributed by atoms with E-state index in [9.17, 15) is 9.50 Å². The SMILES string of the molecule is Cn1cc2cc(-c3cnc(-c4ccc(N5CCNC6(CC6)C5)nn4)c(O)c3)cc(F)c2n1. The monoisotopic (exact) mass is 431 g/mol. The molecule has 0 unspecified atom stereocenters. The summed E-state index contributed by atoms with van der Waals surface area (Å²) in [5, 5.41) is 27.7. The lowest BCUT2D eigenvalue weighted by Gasteiger charge is -2.34. The van der Waals surface area contributed by atoms with Gasteiger partial charge < -0.3 is 15.3 Å². The van der Waals surface area contributed by atoms with Gasteiger partial charge in [0.2, 0.25) is 0 Å². The molecule has 0 amide bonds. The quantitative estimate of drug-likeness (QED) is 0.515. The Bertz CT molecular complexity index is 1330. The van der Waals surface area contributed by atoms with E-state index < -0.39 is 5.82 Å². The fraction of sp³-hybridized carbons (Fsp3) is 0.304. The molecule has 0 atom stereocenters. The summed E-state index contributed by atoms with van der Waals surface area (Å²) in [7, 11) is 1.75. The van der Waals surface area contributed by atoms with Crippen LogP contribution in [0.3, 0.4) is 0 Å². The molecule has 2 fully saturated rings. The van der Waals surface area contributed by atoms with Crippen LogP contribution in [0, 0.1) is 5.82 Å². The number of fused-ring (bicyclic) bond motifs is 1. The second-order valence-electron chi connectivity index (χ2n) is 8.70. The summed E-state index contributed by atoms with van der Waals surface area (Å²) in [5.41, 5.74) is 2.63. The van der Waals surface area contributed by atoms with E-state index in [0.717, 1.165) is 25.5 Å². The molecule has 8 nitrogen and oxygen atoms in total. The lowest BCUT2D eigenvalue weighted by molar-refractivity contribution is 0.439. The molecule has 4 aromatic rings. The molecular formula is C23H22FN7O. The van der Waals surface area contributed by atoms with Gasteiger partial charge in [-0.2, -0.15) is 5.10 Å². The van der Waals surface area contributed by atoms with Crippen molar-refractivity contribution in [3.63, 3.8) is 0 Å². The van der Waals surface area contributed by atoms with Crippen molar-refractivity contribution in [3.05, 3.63) is 48.5 Å². The largest absolute Gasteiger partial charge is 0.506 e. The molecule has 0 bridgehead atoms. The van der Waals surface area contributed by atoms with Crippen LogP contribution in [0.2, 0.25) is 0 Å². The van der Waals surface area contributed by atoms with E-state index in [2.05, 4.69) is 30.5 Å². The molecule has 1 spiro atoms. The maximum atomic E-state index is 14.4. The van der Waals surface area contributed by atoms with E-state index >= 15 is 0 Å². The highest BCUT2D eigenvalue weighted by molar-refractivity contribution is 5.85. The van der Waals surface area contributed by atoms with Gasteiger partial charge in [-0.3, -0.25) is 4.68 Å². The van der Waals surface area contributed by atoms with Crippen LogP contribution in [0.1, 0.15) is 12.8 Å². The molecule has 0 radical (unpaired) electrons. The molecule has 1 saturated heterocycles. The van der Waals surface area contributed by atoms with Crippen LogP contribution < -0.4 is 10.2 Å². The fourth-order valence-corrected chi connectivity index (χ4v) is 4.45. The highest BCUT2D eigenvalue weighted by Crippen LogP contribution is 2.38. The molecule has 6 rings (SSSR count). The maximum absolute atomic E-state index is 14.4. The van der Waals surface area contributed by atoms with Crippen molar-refractivity contribution in [2.75, 3.05) is 24.5 Å². The van der Waals surface area contributed by atoms with E-state index in [1.807, 2.05) is 18.2 Å². The van der Waals surface area contributed by atoms with Gasteiger partial charge in [-0.1, -0.05) is 0 Å². The third-order valence-corrected chi connectivity index (χ3v) is 6.32. The first kappa shape index (κ1) is 19.1. The summed E-state index contributed by atoms with van der Waals surface area (Å²) in [6.45, 7) is 2.78. The van der Waals surface area contributed by atoms with Gasteiger partial charge >= 0.3 is 0 Å². The molecule has 2 aliphatic rings. The van der Waals surface area contributed by atoms with Gasteiger partial charge in [0.25, 0.3) is 0 Å². The first-order chi connectivity index (χ1) is 15.5. The Morgan fingerprint density at radius 2 is 2.00 bits per heavy atom.